The Morgan fingerprint density at radius 3 is 2.66 bits per heavy atom. The molecule has 2 aromatic heterocycles. The van der Waals surface area contributed by atoms with Crippen LogP contribution in [0.15, 0.2) is 58.4 Å². The van der Waals surface area contributed by atoms with Gasteiger partial charge in [0.2, 0.25) is 11.9 Å². The van der Waals surface area contributed by atoms with Crippen LogP contribution in [0.25, 0.3) is 0 Å². The van der Waals surface area contributed by atoms with E-state index in [0.29, 0.717) is 35.3 Å². The summed E-state index contributed by atoms with van der Waals surface area (Å²) in [5.74, 6) is 1.69. The van der Waals surface area contributed by atoms with Crippen molar-refractivity contribution in [1.82, 2.24) is 14.5 Å². The Labute approximate surface area is 168 Å². The third-order valence-electron chi connectivity index (χ3n) is 4.80. The Balaban J connectivity index is 1.78. The zero-order chi connectivity index (χ0) is 20.4. The second-order valence-electron chi connectivity index (χ2n) is 6.61. The van der Waals surface area contributed by atoms with E-state index in [1.54, 1.807) is 17.9 Å². The van der Waals surface area contributed by atoms with Gasteiger partial charge >= 0.3 is 0 Å². The number of methoxy groups -OCH3 is 1. The van der Waals surface area contributed by atoms with E-state index in [2.05, 4.69) is 20.6 Å². The van der Waals surface area contributed by atoms with E-state index < -0.39 is 6.17 Å². The topological polar surface area (TPSA) is 93.4 Å². The molecule has 29 heavy (non-hydrogen) atoms. The predicted molar refractivity (Wildman–Crippen MR) is 113 cm³/mol. The number of aryl methyl sites for hydroxylation is 1. The van der Waals surface area contributed by atoms with Crippen molar-refractivity contribution in [2.45, 2.75) is 26.4 Å². The summed E-state index contributed by atoms with van der Waals surface area (Å²) in [6.07, 6.45) is 1.68. The number of hydrogen-bond acceptors (Lipinski definition) is 7. The van der Waals surface area contributed by atoms with Crippen molar-refractivity contribution >= 4 is 17.6 Å². The number of hydrogen-bond donors (Lipinski definition) is 2. The molecule has 2 N–H and O–H groups in total. The minimum Gasteiger partial charge on any atom is -0.497 e. The maximum absolute atomic E-state index is 13.1. The molecule has 0 aliphatic carbocycles. The first kappa shape index (κ1) is 18.7. The van der Waals surface area contributed by atoms with E-state index in [0.717, 1.165) is 11.4 Å². The summed E-state index contributed by atoms with van der Waals surface area (Å²) in [7, 11) is 1.62. The third kappa shape index (κ3) is 3.56. The number of guanidine groups is 1. The molecule has 3 aromatic rings. The molecule has 1 aliphatic rings. The maximum Gasteiger partial charge on any atom is 0.260 e. The van der Waals surface area contributed by atoms with Gasteiger partial charge in [-0.1, -0.05) is 13.0 Å². The standard InChI is InChI=1S/C21H22N6O2/c1-4-16-13(2)23-21-26-20(24-14-8-10-15(29-3)11-9-14)25-18(27(21)19(16)28)17-7-5-6-12-22-17/h5-12,18H,4H2,1-3H3,(H2,23,24,25,26)/t18-/m1/s1. The van der Waals surface area contributed by atoms with E-state index in [4.69, 9.17) is 9.73 Å². The van der Waals surface area contributed by atoms with Gasteiger partial charge in [0.25, 0.3) is 5.56 Å². The lowest BCUT2D eigenvalue weighted by Gasteiger charge is -2.27. The summed E-state index contributed by atoms with van der Waals surface area (Å²) in [6.45, 7) is 3.80. The SMILES string of the molecule is CCc1c(C)nc2n(c1=O)[C@H](c1ccccn1)N=C(Nc1ccc(OC)cc1)N2. The van der Waals surface area contributed by atoms with E-state index >= 15 is 0 Å². The van der Waals surface area contributed by atoms with Crippen LogP contribution in [0.5, 0.6) is 5.75 Å². The number of ether oxygens (including phenoxy) is 1. The number of aliphatic imine (C=N–C) groups is 1. The smallest absolute Gasteiger partial charge is 0.260 e. The molecule has 4 rings (SSSR count). The number of fused-ring (bicyclic) bond motifs is 1. The number of benzene rings is 1. The Bertz CT molecular complexity index is 1110. The highest BCUT2D eigenvalue weighted by atomic mass is 16.5. The predicted octanol–water partition coefficient (Wildman–Crippen LogP) is 2.96. The lowest BCUT2D eigenvalue weighted by atomic mass is 10.2. The first-order valence-electron chi connectivity index (χ1n) is 9.39. The van der Waals surface area contributed by atoms with Gasteiger partial charge in [0.15, 0.2) is 6.17 Å². The summed E-state index contributed by atoms with van der Waals surface area (Å²) in [6, 6.07) is 13.1. The second-order valence-corrected chi connectivity index (χ2v) is 6.61. The molecule has 8 nitrogen and oxygen atoms in total. The van der Waals surface area contributed by atoms with Gasteiger partial charge in [0.1, 0.15) is 5.75 Å². The molecule has 0 unspecified atom stereocenters. The largest absolute Gasteiger partial charge is 0.497 e. The van der Waals surface area contributed by atoms with Gasteiger partial charge in [-0.05, 0) is 49.7 Å². The van der Waals surface area contributed by atoms with Gasteiger partial charge in [-0.15, -0.1) is 0 Å². The average Bonchev–Trinajstić information content (AvgIpc) is 2.74. The fourth-order valence-corrected chi connectivity index (χ4v) is 3.32. The average molecular weight is 390 g/mol. The van der Waals surface area contributed by atoms with Crippen LogP contribution in [0.1, 0.15) is 30.0 Å². The first-order chi connectivity index (χ1) is 14.1. The number of nitrogens with one attached hydrogen (secondary N) is 2. The molecule has 1 aliphatic heterocycles. The molecular formula is C21H22N6O2. The van der Waals surface area contributed by atoms with Crippen LogP contribution in [0.4, 0.5) is 11.6 Å². The van der Waals surface area contributed by atoms with Gasteiger partial charge in [0.05, 0.1) is 12.8 Å². The number of rotatable bonds is 4. The van der Waals surface area contributed by atoms with Crippen LogP contribution in [-0.4, -0.2) is 27.6 Å². The van der Waals surface area contributed by atoms with Gasteiger partial charge in [-0.25, -0.2) is 14.5 Å². The minimum absolute atomic E-state index is 0.106. The van der Waals surface area contributed by atoms with E-state index in [1.165, 1.54) is 0 Å². The highest BCUT2D eigenvalue weighted by Crippen LogP contribution is 2.25. The number of anilines is 2. The Morgan fingerprint density at radius 1 is 1.21 bits per heavy atom. The van der Waals surface area contributed by atoms with Crippen molar-refractivity contribution in [3.05, 3.63) is 76.0 Å². The van der Waals surface area contributed by atoms with Crippen LogP contribution < -0.4 is 20.9 Å². The van der Waals surface area contributed by atoms with E-state index in [9.17, 15) is 4.79 Å². The molecule has 0 radical (unpaired) electrons. The molecule has 1 atom stereocenters. The van der Waals surface area contributed by atoms with E-state index in [1.807, 2.05) is 56.3 Å². The normalized spacial score (nSPS) is 15.1. The Hall–Kier alpha value is -3.68. The highest BCUT2D eigenvalue weighted by molar-refractivity contribution is 6.03. The minimum atomic E-state index is -0.612. The lowest BCUT2D eigenvalue weighted by Crippen LogP contribution is -2.39. The summed E-state index contributed by atoms with van der Waals surface area (Å²) >= 11 is 0. The molecule has 0 amide bonds. The van der Waals surface area contributed by atoms with Crippen molar-refractivity contribution in [2.75, 3.05) is 17.7 Å². The Morgan fingerprint density at radius 2 is 2.00 bits per heavy atom. The van der Waals surface area contributed by atoms with Crippen molar-refractivity contribution in [1.29, 1.82) is 0 Å². The fraction of sp³-hybridized carbons (Fsp3) is 0.238. The third-order valence-corrected chi connectivity index (χ3v) is 4.80. The van der Waals surface area contributed by atoms with E-state index in [-0.39, 0.29) is 5.56 Å². The van der Waals surface area contributed by atoms with Gasteiger partial charge in [-0.2, -0.15) is 0 Å². The molecule has 0 bridgehead atoms. The van der Waals surface area contributed by atoms with Crippen LogP contribution in [0.2, 0.25) is 0 Å². The summed E-state index contributed by atoms with van der Waals surface area (Å²) in [5.41, 5.74) is 2.78. The number of aromatic nitrogens is 3. The molecular weight excluding hydrogens is 368 g/mol. The van der Waals surface area contributed by atoms with Crippen molar-refractivity contribution in [3.8, 4) is 5.75 Å². The van der Waals surface area contributed by atoms with Gasteiger partial charge in [0, 0.05) is 23.1 Å². The quantitative estimate of drug-likeness (QED) is 0.711. The van der Waals surface area contributed by atoms with Crippen molar-refractivity contribution < 1.29 is 4.74 Å². The first-order valence-corrected chi connectivity index (χ1v) is 9.39. The van der Waals surface area contributed by atoms with Crippen molar-refractivity contribution in [3.63, 3.8) is 0 Å². The van der Waals surface area contributed by atoms with Crippen LogP contribution in [-0.2, 0) is 6.42 Å². The van der Waals surface area contributed by atoms with Crippen LogP contribution in [0.3, 0.4) is 0 Å². The molecule has 1 aromatic carbocycles. The second kappa shape index (κ2) is 7.75. The van der Waals surface area contributed by atoms with Gasteiger partial charge < -0.3 is 10.1 Å². The summed E-state index contributed by atoms with van der Waals surface area (Å²) in [4.78, 5) is 26.9. The highest BCUT2D eigenvalue weighted by Gasteiger charge is 2.27. The zero-order valence-electron chi connectivity index (χ0n) is 16.5. The fourth-order valence-electron chi connectivity index (χ4n) is 3.32. The molecule has 148 valence electrons. The zero-order valence-corrected chi connectivity index (χ0v) is 16.5. The Kier molecular flexibility index (Phi) is 4.99. The van der Waals surface area contributed by atoms with Crippen LogP contribution >= 0.6 is 0 Å². The molecule has 8 heteroatoms. The summed E-state index contributed by atoms with van der Waals surface area (Å²) in [5, 5.41) is 6.38. The molecule has 0 fully saturated rings. The molecule has 0 spiro atoms. The van der Waals surface area contributed by atoms with Gasteiger partial charge in [-0.3, -0.25) is 15.1 Å². The van der Waals surface area contributed by atoms with Crippen LogP contribution in [0, 0.1) is 6.92 Å². The van der Waals surface area contributed by atoms with Crippen molar-refractivity contribution in [2.24, 2.45) is 4.99 Å². The monoisotopic (exact) mass is 390 g/mol. The molecule has 3 heterocycles. The molecule has 0 saturated carbocycles. The lowest BCUT2D eigenvalue weighted by molar-refractivity contribution is 0.415. The maximum atomic E-state index is 13.1. The molecule has 0 saturated heterocycles. The number of pyridine rings is 1. The summed E-state index contributed by atoms with van der Waals surface area (Å²) < 4.78 is 6.76. The number of nitrogens with zero attached hydrogens (tertiary/aromatic N) is 4.